The topological polar surface area (TPSA) is 66.6 Å². The quantitative estimate of drug-likeness (QED) is 0.551. The van der Waals surface area contributed by atoms with E-state index in [0.29, 0.717) is 36.1 Å². The Bertz CT molecular complexity index is 1090. The van der Waals surface area contributed by atoms with Gasteiger partial charge in [-0.15, -0.1) is 0 Å². The van der Waals surface area contributed by atoms with Crippen molar-refractivity contribution in [1.82, 2.24) is 15.2 Å². The average molecular weight is 438 g/mol. The number of methoxy groups -OCH3 is 1. The van der Waals surface area contributed by atoms with Crippen molar-refractivity contribution in [3.05, 3.63) is 76.1 Å². The fourth-order valence-electron chi connectivity index (χ4n) is 3.81. The van der Waals surface area contributed by atoms with Crippen molar-refractivity contribution in [3.8, 4) is 5.75 Å². The molecule has 1 aliphatic rings. The van der Waals surface area contributed by atoms with E-state index < -0.39 is 0 Å². The second kappa shape index (κ2) is 9.94. The number of aromatic amines is 1. The molecule has 7 heteroatoms. The molecule has 1 fully saturated rings. The number of benzene rings is 2. The largest absolute Gasteiger partial charge is 0.497 e. The zero-order valence-corrected chi connectivity index (χ0v) is 18.4. The molecule has 3 aromatic rings. The van der Waals surface area contributed by atoms with E-state index in [9.17, 15) is 4.79 Å². The lowest BCUT2D eigenvalue weighted by Crippen LogP contribution is -2.43. The van der Waals surface area contributed by atoms with Crippen molar-refractivity contribution >= 4 is 28.2 Å². The van der Waals surface area contributed by atoms with Crippen molar-refractivity contribution in [2.75, 3.05) is 20.3 Å². The van der Waals surface area contributed by atoms with Crippen molar-refractivity contribution < 1.29 is 9.47 Å². The Hall–Kier alpha value is -2.90. The van der Waals surface area contributed by atoms with Crippen LogP contribution in [0.3, 0.4) is 0 Å². The molecule has 31 heavy (non-hydrogen) atoms. The normalized spacial score (nSPS) is 15.7. The minimum atomic E-state index is -0.121. The van der Waals surface area contributed by atoms with Crippen LogP contribution in [0.4, 0.5) is 0 Å². The molecule has 2 aromatic carbocycles. The summed E-state index contributed by atoms with van der Waals surface area (Å²) in [6.45, 7) is 2.48. The number of thiocarbonyl (C=S) groups is 1. The molecule has 0 radical (unpaired) electrons. The maximum atomic E-state index is 12.8. The molecule has 1 unspecified atom stereocenters. The molecule has 0 saturated carbocycles. The molecular weight excluding hydrogens is 410 g/mol. The number of aromatic nitrogens is 1. The SMILES string of the molecule is COc1ccc2cc(CN(CC3CCCO3)C(=S)NCc3ccccc3)c(=O)[nH]c2c1. The number of nitrogens with zero attached hydrogens (tertiary/aromatic N) is 1. The van der Waals surface area contributed by atoms with Gasteiger partial charge in [-0.1, -0.05) is 30.3 Å². The first-order valence-electron chi connectivity index (χ1n) is 10.5. The van der Waals surface area contributed by atoms with Crippen LogP contribution in [-0.4, -0.2) is 41.4 Å². The van der Waals surface area contributed by atoms with Gasteiger partial charge in [0.2, 0.25) is 0 Å². The summed E-state index contributed by atoms with van der Waals surface area (Å²) < 4.78 is 11.1. The predicted molar refractivity (Wildman–Crippen MR) is 126 cm³/mol. The summed E-state index contributed by atoms with van der Waals surface area (Å²) in [6, 6.07) is 17.7. The Morgan fingerprint density at radius 2 is 2.10 bits per heavy atom. The number of nitrogens with one attached hydrogen (secondary N) is 2. The van der Waals surface area contributed by atoms with Gasteiger partial charge in [-0.25, -0.2) is 0 Å². The molecule has 6 nitrogen and oxygen atoms in total. The van der Waals surface area contributed by atoms with Crippen molar-refractivity contribution in [2.24, 2.45) is 0 Å². The van der Waals surface area contributed by atoms with E-state index in [4.69, 9.17) is 21.7 Å². The number of fused-ring (bicyclic) bond motifs is 1. The number of hydrogen-bond donors (Lipinski definition) is 2. The van der Waals surface area contributed by atoms with Gasteiger partial charge >= 0.3 is 0 Å². The van der Waals surface area contributed by atoms with E-state index in [0.717, 1.165) is 35.9 Å². The van der Waals surface area contributed by atoms with Crippen LogP contribution >= 0.6 is 12.2 Å². The summed E-state index contributed by atoms with van der Waals surface area (Å²) >= 11 is 5.71. The van der Waals surface area contributed by atoms with Gasteiger partial charge in [0.05, 0.1) is 25.3 Å². The van der Waals surface area contributed by atoms with Crippen LogP contribution in [0, 0.1) is 0 Å². The van der Waals surface area contributed by atoms with Gasteiger partial charge < -0.3 is 24.7 Å². The molecule has 0 amide bonds. The minimum Gasteiger partial charge on any atom is -0.497 e. The summed E-state index contributed by atoms with van der Waals surface area (Å²) in [6.07, 6.45) is 2.19. The molecular formula is C24H27N3O3S. The summed E-state index contributed by atoms with van der Waals surface area (Å²) in [5, 5.41) is 4.91. The number of H-pyrrole nitrogens is 1. The maximum Gasteiger partial charge on any atom is 0.253 e. The van der Waals surface area contributed by atoms with E-state index >= 15 is 0 Å². The molecule has 1 aromatic heterocycles. The Morgan fingerprint density at radius 3 is 2.84 bits per heavy atom. The second-order valence-electron chi connectivity index (χ2n) is 7.74. The number of hydrogen-bond acceptors (Lipinski definition) is 4. The van der Waals surface area contributed by atoms with Gasteiger partial charge in [-0.2, -0.15) is 0 Å². The standard InChI is InChI=1S/C24H27N3O3S/c1-29-20-10-9-18-12-19(23(28)26-22(18)13-20)15-27(16-21-8-5-11-30-21)24(31)25-14-17-6-3-2-4-7-17/h2-4,6-7,9-10,12-13,21H,5,8,11,14-16H2,1H3,(H,25,31)(H,26,28). The Morgan fingerprint density at radius 1 is 1.26 bits per heavy atom. The highest BCUT2D eigenvalue weighted by Crippen LogP contribution is 2.20. The van der Waals surface area contributed by atoms with Gasteiger partial charge in [0.1, 0.15) is 5.75 Å². The highest BCUT2D eigenvalue weighted by molar-refractivity contribution is 7.80. The molecule has 1 aliphatic heterocycles. The lowest BCUT2D eigenvalue weighted by Gasteiger charge is -2.28. The van der Waals surface area contributed by atoms with Crippen LogP contribution in [0.15, 0.2) is 59.4 Å². The second-order valence-corrected chi connectivity index (χ2v) is 8.12. The van der Waals surface area contributed by atoms with Crippen LogP contribution in [0.5, 0.6) is 5.75 Å². The van der Waals surface area contributed by atoms with Crippen LogP contribution in [0.2, 0.25) is 0 Å². The number of ether oxygens (including phenoxy) is 2. The highest BCUT2D eigenvalue weighted by atomic mass is 32.1. The average Bonchev–Trinajstić information content (AvgIpc) is 3.31. The Labute approximate surface area is 187 Å². The van der Waals surface area contributed by atoms with Gasteiger partial charge in [-0.05, 0) is 54.2 Å². The smallest absolute Gasteiger partial charge is 0.253 e. The van der Waals surface area contributed by atoms with Crippen molar-refractivity contribution in [1.29, 1.82) is 0 Å². The van der Waals surface area contributed by atoms with Crippen molar-refractivity contribution in [2.45, 2.75) is 32.0 Å². The Kier molecular flexibility index (Phi) is 6.84. The van der Waals surface area contributed by atoms with Gasteiger partial charge in [-0.3, -0.25) is 4.79 Å². The van der Waals surface area contributed by atoms with Crippen LogP contribution < -0.4 is 15.6 Å². The molecule has 0 aliphatic carbocycles. The maximum absolute atomic E-state index is 12.8. The molecule has 2 heterocycles. The summed E-state index contributed by atoms with van der Waals surface area (Å²) in [4.78, 5) is 17.8. The zero-order chi connectivity index (χ0) is 21.6. The predicted octanol–water partition coefficient (Wildman–Crippen LogP) is 3.59. The van der Waals surface area contributed by atoms with Crippen LogP contribution in [-0.2, 0) is 17.8 Å². The van der Waals surface area contributed by atoms with E-state index in [1.54, 1.807) is 7.11 Å². The highest BCUT2D eigenvalue weighted by Gasteiger charge is 2.22. The number of rotatable bonds is 7. The molecule has 1 saturated heterocycles. The van der Waals surface area contributed by atoms with Crippen LogP contribution in [0.25, 0.3) is 10.9 Å². The third-order valence-corrected chi connectivity index (χ3v) is 5.92. The van der Waals surface area contributed by atoms with E-state index in [2.05, 4.69) is 22.4 Å². The number of pyridine rings is 1. The van der Waals surface area contributed by atoms with E-state index in [-0.39, 0.29) is 11.7 Å². The van der Waals surface area contributed by atoms with Gasteiger partial charge in [0.15, 0.2) is 5.11 Å². The fraction of sp³-hybridized carbons (Fsp3) is 0.333. The Balaban J connectivity index is 1.54. The molecule has 0 bridgehead atoms. The van der Waals surface area contributed by atoms with Crippen molar-refractivity contribution in [3.63, 3.8) is 0 Å². The summed E-state index contributed by atoms with van der Waals surface area (Å²) in [5.74, 6) is 0.710. The zero-order valence-electron chi connectivity index (χ0n) is 17.6. The lowest BCUT2D eigenvalue weighted by atomic mass is 10.1. The first-order valence-corrected chi connectivity index (χ1v) is 10.9. The third kappa shape index (κ3) is 5.42. The lowest BCUT2D eigenvalue weighted by molar-refractivity contribution is 0.0896. The van der Waals surface area contributed by atoms with Crippen LogP contribution in [0.1, 0.15) is 24.0 Å². The first-order chi connectivity index (χ1) is 15.1. The van der Waals surface area contributed by atoms with E-state index in [1.165, 1.54) is 0 Å². The third-order valence-electron chi connectivity index (χ3n) is 5.51. The monoisotopic (exact) mass is 437 g/mol. The first kappa shape index (κ1) is 21.3. The molecule has 4 rings (SSSR count). The fourth-order valence-corrected chi connectivity index (χ4v) is 4.03. The minimum absolute atomic E-state index is 0.121. The van der Waals surface area contributed by atoms with E-state index in [1.807, 2.05) is 47.4 Å². The van der Waals surface area contributed by atoms with Gasteiger partial charge in [0.25, 0.3) is 5.56 Å². The van der Waals surface area contributed by atoms with Gasteiger partial charge in [0, 0.05) is 31.3 Å². The summed E-state index contributed by atoms with van der Waals surface area (Å²) in [7, 11) is 1.61. The molecule has 2 N–H and O–H groups in total. The summed E-state index contributed by atoms with van der Waals surface area (Å²) in [5.41, 5.74) is 2.45. The molecule has 0 spiro atoms. The molecule has 162 valence electrons. The molecule has 1 atom stereocenters.